The van der Waals surface area contributed by atoms with E-state index in [-0.39, 0.29) is 18.6 Å². The van der Waals surface area contributed by atoms with Gasteiger partial charge in [0.1, 0.15) is 6.17 Å². The second-order valence-corrected chi connectivity index (χ2v) is 3.83. The summed E-state index contributed by atoms with van der Waals surface area (Å²) in [5.41, 5.74) is 0. The van der Waals surface area contributed by atoms with Crippen LogP contribution in [0.5, 0.6) is 0 Å². The van der Waals surface area contributed by atoms with Crippen molar-refractivity contribution < 1.29 is 14.3 Å². The fourth-order valence-corrected chi connectivity index (χ4v) is 1.42. The Morgan fingerprint density at radius 1 is 1.47 bits per heavy atom. The van der Waals surface area contributed by atoms with Gasteiger partial charge in [0.25, 0.3) is 0 Å². The maximum absolute atomic E-state index is 13.1. The van der Waals surface area contributed by atoms with Crippen LogP contribution in [-0.4, -0.2) is 41.3 Å². The average molecular weight is 219 g/mol. The zero-order valence-corrected chi connectivity index (χ0v) is 9.87. The van der Waals surface area contributed by atoms with Crippen molar-refractivity contribution in [3.63, 3.8) is 0 Å². The first-order chi connectivity index (χ1) is 7.04. The highest BCUT2D eigenvalue weighted by molar-refractivity contribution is 5.76. The molecule has 0 aromatic carbocycles. The van der Waals surface area contributed by atoms with Crippen molar-refractivity contribution in [2.24, 2.45) is 0 Å². The summed E-state index contributed by atoms with van der Waals surface area (Å²) in [6.45, 7) is 5.73. The van der Waals surface area contributed by atoms with E-state index >= 15 is 0 Å². The molecule has 0 heterocycles. The Balaban J connectivity index is 4.29. The largest absolute Gasteiger partial charge is 0.396 e. The van der Waals surface area contributed by atoms with Gasteiger partial charge < -0.3 is 10.0 Å². The summed E-state index contributed by atoms with van der Waals surface area (Å²) in [6, 6.07) is -0.379. The molecule has 3 nitrogen and oxygen atoms in total. The first kappa shape index (κ1) is 14.4. The Morgan fingerprint density at radius 3 is 2.47 bits per heavy atom. The SMILES string of the molecule is CCCN(C(=O)CCCO)C(C)C(C)F. The molecule has 0 saturated carbocycles. The third-order valence-electron chi connectivity index (χ3n) is 2.49. The van der Waals surface area contributed by atoms with Crippen molar-refractivity contribution >= 4 is 5.91 Å². The van der Waals surface area contributed by atoms with Crippen LogP contribution in [0.15, 0.2) is 0 Å². The maximum atomic E-state index is 13.1. The maximum Gasteiger partial charge on any atom is 0.222 e. The minimum absolute atomic E-state index is 0.00522. The molecule has 15 heavy (non-hydrogen) atoms. The molecule has 0 aliphatic heterocycles. The molecule has 0 spiro atoms. The number of hydrogen-bond donors (Lipinski definition) is 1. The van der Waals surface area contributed by atoms with Gasteiger partial charge in [-0.25, -0.2) is 4.39 Å². The van der Waals surface area contributed by atoms with Crippen molar-refractivity contribution in [1.29, 1.82) is 0 Å². The van der Waals surface area contributed by atoms with Gasteiger partial charge in [-0.15, -0.1) is 0 Å². The lowest BCUT2D eigenvalue weighted by Gasteiger charge is -2.30. The van der Waals surface area contributed by atoms with Crippen LogP contribution in [0.4, 0.5) is 4.39 Å². The number of carbonyl (C=O) groups is 1. The van der Waals surface area contributed by atoms with Gasteiger partial charge >= 0.3 is 0 Å². The van der Waals surface area contributed by atoms with Crippen molar-refractivity contribution in [3.8, 4) is 0 Å². The Hall–Kier alpha value is -0.640. The molecule has 0 aromatic heterocycles. The van der Waals surface area contributed by atoms with E-state index in [9.17, 15) is 9.18 Å². The van der Waals surface area contributed by atoms with Gasteiger partial charge in [-0.3, -0.25) is 4.79 Å². The van der Waals surface area contributed by atoms with E-state index in [1.54, 1.807) is 11.8 Å². The third kappa shape index (κ3) is 5.11. The number of carbonyl (C=O) groups excluding carboxylic acids is 1. The van der Waals surface area contributed by atoms with E-state index in [0.717, 1.165) is 6.42 Å². The number of alkyl halides is 1. The van der Waals surface area contributed by atoms with E-state index in [1.165, 1.54) is 6.92 Å². The highest BCUT2D eigenvalue weighted by atomic mass is 19.1. The fraction of sp³-hybridized carbons (Fsp3) is 0.909. The molecule has 0 aliphatic rings. The molecule has 0 saturated heterocycles. The number of amides is 1. The van der Waals surface area contributed by atoms with Crippen molar-refractivity contribution in [2.75, 3.05) is 13.2 Å². The summed E-state index contributed by atoms with van der Waals surface area (Å²) in [5.74, 6) is -0.0668. The predicted molar refractivity (Wildman–Crippen MR) is 58.4 cm³/mol. The van der Waals surface area contributed by atoms with E-state index in [4.69, 9.17) is 5.11 Å². The summed E-state index contributed by atoms with van der Waals surface area (Å²) in [7, 11) is 0. The summed E-state index contributed by atoms with van der Waals surface area (Å²) < 4.78 is 13.1. The van der Waals surface area contributed by atoms with Crippen LogP contribution >= 0.6 is 0 Å². The Kier molecular flexibility index (Phi) is 7.30. The van der Waals surface area contributed by atoms with E-state index in [2.05, 4.69) is 0 Å². The second-order valence-electron chi connectivity index (χ2n) is 3.83. The molecule has 0 bridgehead atoms. The summed E-state index contributed by atoms with van der Waals surface area (Å²) >= 11 is 0. The van der Waals surface area contributed by atoms with Crippen LogP contribution in [0.3, 0.4) is 0 Å². The Bertz CT molecular complexity index is 185. The lowest BCUT2D eigenvalue weighted by Crippen LogP contribution is -2.43. The molecule has 0 fully saturated rings. The summed E-state index contributed by atoms with van der Waals surface area (Å²) in [6.07, 6.45) is 0.552. The molecule has 0 rings (SSSR count). The Labute approximate surface area is 91.3 Å². The number of hydrogen-bond acceptors (Lipinski definition) is 2. The molecule has 2 atom stereocenters. The van der Waals surface area contributed by atoms with Gasteiger partial charge in [-0.1, -0.05) is 6.92 Å². The van der Waals surface area contributed by atoms with Crippen LogP contribution in [0.1, 0.15) is 40.0 Å². The first-order valence-electron chi connectivity index (χ1n) is 5.59. The highest BCUT2D eigenvalue weighted by Gasteiger charge is 2.23. The molecule has 1 amide bonds. The topological polar surface area (TPSA) is 40.5 Å². The lowest BCUT2D eigenvalue weighted by atomic mass is 10.1. The summed E-state index contributed by atoms with van der Waals surface area (Å²) in [5, 5.41) is 8.63. The van der Waals surface area contributed by atoms with Crippen LogP contribution in [0.25, 0.3) is 0 Å². The van der Waals surface area contributed by atoms with Crippen molar-refractivity contribution in [2.45, 2.75) is 52.2 Å². The number of rotatable bonds is 7. The standard InChI is InChI=1S/C11H22FNO2/c1-4-7-13(10(3)9(2)12)11(15)6-5-8-14/h9-10,14H,4-8H2,1-3H3. The van der Waals surface area contributed by atoms with Gasteiger partial charge in [0.2, 0.25) is 5.91 Å². The molecular formula is C11H22FNO2. The van der Waals surface area contributed by atoms with Gasteiger partial charge in [0.05, 0.1) is 6.04 Å². The first-order valence-corrected chi connectivity index (χ1v) is 5.59. The molecule has 0 aromatic rings. The third-order valence-corrected chi connectivity index (χ3v) is 2.49. The Morgan fingerprint density at radius 2 is 2.07 bits per heavy atom. The molecular weight excluding hydrogens is 197 g/mol. The van der Waals surface area contributed by atoms with E-state index < -0.39 is 6.17 Å². The van der Waals surface area contributed by atoms with Gasteiger partial charge in [-0.05, 0) is 26.7 Å². The van der Waals surface area contributed by atoms with Crippen LogP contribution in [0.2, 0.25) is 0 Å². The molecule has 90 valence electrons. The van der Waals surface area contributed by atoms with E-state index in [0.29, 0.717) is 19.4 Å². The normalized spacial score (nSPS) is 14.7. The predicted octanol–water partition coefficient (Wildman–Crippen LogP) is 1.74. The van der Waals surface area contributed by atoms with Gasteiger partial charge in [0.15, 0.2) is 0 Å². The van der Waals surface area contributed by atoms with Gasteiger partial charge in [0, 0.05) is 19.6 Å². The highest BCUT2D eigenvalue weighted by Crippen LogP contribution is 2.10. The van der Waals surface area contributed by atoms with Crippen LogP contribution < -0.4 is 0 Å². The molecule has 4 heteroatoms. The smallest absolute Gasteiger partial charge is 0.222 e. The van der Waals surface area contributed by atoms with E-state index in [1.807, 2.05) is 6.92 Å². The molecule has 0 aliphatic carbocycles. The van der Waals surface area contributed by atoms with Gasteiger partial charge in [-0.2, -0.15) is 0 Å². The zero-order chi connectivity index (χ0) is 11.8. The zero-order valence-electron chi connectivity index (χ0n) is 9.87. The number of aliphatic hydroxyl groups excluding tert-OH is 1. The fourth-order valence-electron chi connectivity index (χ4n) is 1.42. The minimum Gasteiger partial charge on any atom is -0.396 e. The second kappa shape index (κ2) is 7.63. The number of aliphatic hydroxyl groups is 1. The minimum atomic E-state index is -1.02. The lowest BCUT2D eigenvalue weighted by molar-refractivity contribution is -0.134. The van der Waals surface area contributed by atoms with Crippen LogP contribution in [-0.2, 0) is 4.79 Å². The molecule has 1 N–H and O–H groups in total. The number of nitrogens with zero attached hydrogens (tertiary/aromatic N) is 1. The number of halogens is 1. The quantitative estimate of drug-likeness (QED) is 0.708. The van der Waals surface area contributed by atoms with Crippen LogP contribution in [0, 0.1) is 0 Å². The molecule has 0 radical (unpaired) electrons. The van der Waals surface area contributed by atoms with Crippen molar-refractivity contribution in [1.82, 2.24) is 4.90 Å². The molecule has 2 unspecified atom stereocenters. The van der Waals surface area contributed by atoms with Crippen molar-refractivity contribution in [3.05, 3.63) is 0 Å². The monoisotopic (exact) mass is 219 g/mol. The summed E-state index contributed by atoms with van der Waals surface area (Å²) in [4.78, 5) is 13.3. The average Bonchev–Trinajstić information content (AvgIpc) is 2.21.